The number of H-pyrrole nitrogens is 1. The lowest BCUT2D eigenvalue weighted by Gasteiger charge is -2.08. The van der Waals surface area contributed by atoms with Gasteiger partial charge in [-0.1, -0.05) is 0 Å². The molecule has 3 aromatic rings. The normalized spacial score (nSPS) is 10.8. The van der Waals surface area contributed by atoms with Crippen LogP contribution in [0.15, 0.2) is 42.5 Å². The second kappa shape index (κ2) is 8.65. The summed E-state index contributed by atoms with van der Waals surface area (Å²) in [6, 6.07) is 10.5. The van der Waals surface area contributed by atoms with Crippen LogP contribution in [0.1, 0.15) is 18.9 Å². The van der Waals surface area contributed by atoms with Crippen LogP contribution in [0.3, 0.4) is 0 Å². The topological polar surface area (TPSA) is 74.0 Å². The standard InChI is InChI=1S/C21H21F2N3O2/c1-13(27)24-10-11-25-20(28)9-7-17-18-12-16(23)6-8-19(18)26-21(17)14-2-4-15(22)5-3-14/h2-6,8,12,26H,7,9-11H2,1H3,(H,24,27)(H,25,28). The molecule has 0 saturated carbocycles. The van der Waals surface area contributed by atoms with Gasteiger partial charge in [-0.3, -0.25) is 9.59 Å². The van der Waals surface area contributed by atoms with Crippen molar-refractivity contribution in [2.45, 2.75) is 19.8 Å². The number of halogens is 2. The van der Waals surface area contributed by atoms with Crippen LogP contribution in [0.4, 0.5) is 8.78 Å². The first kappa shape index (κ1) is 19.5. The van der Waals surface area contributed by atoms with Gasteiger partial charge in [0.05, 0.1) is 0 Å². The third-order valence-corrected chi connectivity index (χ3v) is 4.42. The highest BCUT2D eigenvalue weighted by Crippen LogP contribution is 2.32. The number of carbonyl (C=O) groups is 2. The zero-order valence-corrected chi connectivity index (χ0v) is 15.4. The molecule has 1 heterocycles. The molecule has 0 saturated heterocycles. The average molecular weight is 385 g/mol. The van der Waals surface area contributed by atoms with Crippen LogP contribution in [0.5, 0.6) is 0 Å². The first-order chi connectivity index (χ1) is 13.4. The number of rotatable bonds is 7. The van der Waals surface area contributed by atoms with Crippen molar-refractivity contribution in [3.8, 4) is 11.3 Å². The SMILES string of the molecule is CC(=O)NCCNC(=O)CCc1c(-c2ccc(F)cc2)[nH]c2ccc(F)cc12. The van der Waals surface area contributed by atoms with Crippen molar-refractivity contribution in [3.63, 3.8) is 0 Å². The Labute approximate surface area is 161 Å². The fourth-order valence-corrected chi connectivity index (χ4v) is 3.11. The van der Waals surface area contributed by atoms with Crippen LogP contribution in [0, 0.1) is 11.6 Å². The molecule has 28 heavy (non-hydrogen) atoms. The lowest BCUT2D eigenvalue weighted by Crippen LogP contribution is -2.33. The predicted molar refractivity (Wildman–Crippen MR) is 104 cm³/mol. The lowest BCUT2D eigenvalue weighted by atomic mass is 10.0. The van der Waals surface area contributed by atoms with E-state index >= 15 is 0 Å². The predicted octanol–water partition coefficient (Wildman–Crippen LogP) is 3.30. The Morgan fingerprint density at radius 1 is 0.964 bits per heavy atom. The van der Waals surface area contributed by atoms with E-state index in [9.17, 15) is 18.4 Å². The first-order valence-electron chi connectivity index (χ1n) is 9.01. The van der Waals surface area contributed by atoms with E-state index < -0.39 is 0 Å². The van der Waals surface area contributed by atoms with Crippen LogP contribution in [0.25, 0.3) is 22.2 Å². The molecule has 3 rings (SSSR count). The fourth-order valence-electron chi connectivity index (χ4n) is 3.11. The number of fused-ring (bicyclic) bond motifs is 1. The van der Waals surface area contributed by atoms with Crippen LogP contribution in [0.2, 0.25) is 0 Å². The number of aromatic amines is 1. The van der Waals surface area contributed by atoms with Gasteiger partial charge < -0.3 is 15.6 Å². The number of aromatic nitrogens is 1. The number of amides is 2. The quantitative estimate of drug-likeness (QED) is 0.546. The van der Waals surface area contributed by atoms with Gasteiger partial charge in [0.25, 0.3) is 0 Å². The number of benzene rings is 2. The molecular weight excluding hydrogens is 364 g/mol. The Balaban J connectivity index is 1.79. The minimum Gasteiger partial charge on any atom is -0.355 e. The maximum absolute atomic E-state index is 13.8. The van der Waals surface area contributed by atoms with E-state index in [-0.39, 0.29) is 29.9 Å². The van der Waals surface area contributed by atoms with Crippen molar-refractivity contribution in [1.29, 1.82) is 0 Å². The smallest absolute Gasteiger partial charge is 0.220 e. The number of aryl methyl sites for hydroxylation is 1. The first-order valence-corrected chi connectivity index (χ1v) is 9.01. The molecule has 146 valence electrons. The van der Waals surface area contributed by atoms with E-state index in [4.69, 9.17) is 0 Å². The Bertz CT molecular complexity index is 997. The summed E-state index contributed by atoms with van der Waals surface area (Å²) in [7, 11) is 0. The van der Waals surface area contributed by atoms with Gasteiger partial charge in [-0.15, -0.1) is 0 Å². The van der Waals surface area contributed by atoms with Crippen molar-refractivity contribution < 1.29 is 18.4 Å². The third-order valence-electron chi connectivity index (χ3n) is 4.42. The summed E-state index contributed by atoms with van der Waals surface area (Å²) in [6.07, 6.45) is 0.597. The molecule has 2 aromatic carbocycles. The zero-order valence-electron chi connectivity index (χ0n) is 15.4. The van der Waals surface area contributed by atoms with Crippen molar-refractivity contribution in [2.24, 2.45) is 0 Å². The van der Waals surface area contributed by atoms with E-state index in [1.54, 1.807) is 18.2 Å². The minimum absolute atomic E-state index is 0.154. The van der Waals surface area contributed by atoms with Gasteiger partial charge in [0, 0.05) is 43.0 Å². The third kappa shape index (κ3) is 4.73. The van der Waals surface area contributed by atoms with Gasteiger partial charge in [0.2, 0.25) is 11.8 Å². The number of nitrogens with one attached hydrogen (secondary N) is 3. The van der Waals surface area contributed by atoms with Gasteiger partial charge in [-0.25, -0.2) is 8.78 Å². The average Bonchev–Trinajstić information content (AvgIpc) is 3.01. The minimum atomic E-state index is -0.363. The van der Waals surface area contributed by atoms with Crippen LogP contribution in [-0.4, -0.2) is 29.9 Å². The van der Waals surface area contributed by atoms with E-state index in [0.29, 0.717) is 24.9 Å². The molecule has 5 nitrogen and oxygen atoms in total. The summed E-state index contributed by atoms with van der Waals surface area (Å²) in [4.78, 5) is 26.2. The summed E-state index contributed by atoms with van der Waals surface area (Å²) in [5, 5.41) is 6.04. The van der Waals surface area contributed by atoms with E-state index in [2.05, 4.69) is 15.6 Å². The molecule has 3 N–H and O–H groups in total. The molecule has 1 aromatic heterocycles. The number of hydrogen-bond donors (Lipinski definition) is 3. The van der Waals surface area contributed by atoms with Crippen molar-refractivity contribution in [2.75, 3.05) is 13.1 Å². The summed E-state index contributed by atoms with van der Waals surface area (Å²) < 4.78 is 27.0. The molecular formula is C21H21F2N3O2. The number of hydrogen-bond acceptors (Lipinski definition) is 2. The molecule has 0 aliphatic heterocycles. The van der Waals surface area contributed by atoms with E-state index in [1.165, 1.54) is 31.2 Å². The Hall–Kier alpha value is -3.22. The van der Waals surface area contributed by atoms with Gasteiger partial charge in [0.1, 0.15) is 11.6 Å². The summed E-state index contributed by atoms with van der Waals surface area (Å²) in [5.74, 6) is -1.02. The monoisotopic (exact) mass is 385 g/mol. The molecule has 0 atom stereocenters. The number of carbonyl (C=O) groups excluding carboxylic acids is 2. The van der Waals surface area contributed by atoms with Gasteiger partial charge in [-0.2, -0.15) is 0 Å². The molecule has 2 amide bonds. The van der Waals surface area contributed by atoms with Gasteiger partial charge >= 0.3 is 0 Å². The van der Waals surface area contributed by atoms with Crippen molar-refractivity contribution in [3.05, 3.63) is 59.7 Å². The molecule has 0 fully saturated rings. The summed E-state index contributed by atoms with van der Waals surface area (Å²) in [6.45, 7) is 2.11. The van der Waals surface area contributed by atoms with Crippen LogP contribution >= 0.6 is 0 Å². The maximum Gasteiger partial charge on any atom is 0.220 e. The highest BCUT2D eigenvalue weighted by atomic mass is 19.1. The molecule has 7 heteroatoms. The van der Waals surface area contributed by atoms with E-state index in [0.717, 1.165) is 22.3 Å². The molecule has 0 unspecified atom stereocenters. The Morgan fingerprint density at radius 2 is 1.64 bits per heavy atom. The molecule has 0 bridgehead atoms. The fraction of sp³-hybridized carbons (Fsp3) is 0.238. The van der Waals surface area contributed by atoms with Gasteiger partial charge in [-0.05, 0) is 60.0 Å². The molecule has 0 aliphatic rings. The van der Waals surface area contributed by atoms with Crippen LogP contribution in [-0.2, 0) is 16.0 Å². The maximum atomic E-state index is 13.8. The van der Waals surface area contributed by atoms with Crippen molar-refractivity contribution in [1.82, 2.24) is 15.6 Å². The summed E-state index contributed by atoms with van der Waals surface area (Å²) in [5.41, 5.74) is 3.06. The Morgan fingerprint density at radius 3 is 2.36 bits per heavy atom. The second-order valence-electron chi connectivity index (χ2n) is 6.51. The van der Waals surface area contributed by atoms with E-state index in [1.807, 2.05) is 0 Å². The Kier molecular flexibility index (Phi) is 6.03. The van der Waals surface area contributed by atoms with Crippen LogP contribution < -0.4 is 10.6 Å². The molecule has 0 aliphatic carbocycles. The zero-order chi connectivity index (χ0) is 20.1. The summed E-state index contributed by atoms with van der Waals surface area (Å²) >= 11 is 0. The molecule has 0 spiro atoms. The highest BCUT2D eigenvalue weighted by molar-refractivity contribution is 5.91. The van der Waals surface area contributed by atoms with Crippen molar-refractivity contribution >= 4 is 22.7 Å². The largest absolute Gasteiger partial charge is 0.355 e. The lowest BCUT2D eigenvalue weighted by molar-refractivity contribution is -0.122. The second-order valence-corrected chi connectivity index (χ2v) is 6.51. The highest BCUT2D eigenvalue weighted by Gasteiger charge is 2.15. The van der Waals surface area contributed by atoms with Gasteiger partial charge in [0.15, 0.2) is 0 Å². The molecule has 0 radical (unpaired) electrons.